The lowest BCUT2D eigenvalue weighted by molar-refractivity contribution is -0.138. The van der Waals surface area contributed by atoms with E-state index < -0.39 is 12.0 Å². The molecule has 222 valence electrons. The smallest absolute Gasteiger partial charge is 0.338 e. The molecule has 3 aromatic carbocycles. The number of methoxy groups -OCH3 is 1. The number of fused-ring (bicyclic) bond motifs is 1. The first-order chi connectivity index (χ1) is 21.5. The molecule has 0 radical (unpaired) electrons. The number of benzene rings is 3. The van der Waals surface area contributed by atoms with Gasteiger partial charge in [-0.15, -0.1) is 11.3 Å². The molecule has 1 atom stereocenters. The van der Waals surface area contributed by atoms with Crippen molar-refractivity contribution in [3.05, 3.63) is 142 Å². The van der Waals surface area contributed by atoms with E-state index in [4.69, 9.17) is 30.8 Å². The van der Waals surface area contributed by atoms with Gasteiger partial charge < -0.3 is 14.2 Å². The molecule has 0 bridgehead atoms. The van der Waals surface area contributed by atoms with E-state index in [1.54, 1.807) is 36.8 Å². The van der Waals surface area contributed by atoms with Gasteiger partial charge in [-0.1, -0.05) is 89.7 Å². The fraction of sp³-hybridized carbons (Fsp3) is 0.147. The zero-order valence-electron chi connectivity index (χ0n) is 23.9. The Morgan fingerprint density at radius 2 is 1.80 bits per heavy atom. The molecule has 0 saturated carbocycles. The molecule has 1 aliphatic heterocycles. The second-order valence-corrected chi connectivity index (χ2v) is 12.2. The average molecular weight is 643 g/mol. The highest BCUT2D eigenvalue weighted by Gasteiger charge is 2.35. The van der Waals surface area contributed by atoms with Crippen LogP contribution in [0.5, 0.6) is 11.5 Å². The Labute approximate surface area is 266 Å². The van der Waals surface area contributed by atoms with E-state index in [-0.39, 0.29) is 12.2 Å². The molecule has 6 rings (SSSR count). The van der Waals surface area contributed by atoms with Crippen molar-refractivity contribution in [2.75, 3.05) is 13.7 Å². The Morgan fingerprint density at radius 3 is 2.48 bits per heavy atom. The Hall–Kier alpha value is -4.44. The van der Waals surface area contributed by atoms with Crippen molar-refractivity contribution < 1.29 is 19.0 Å². The summed E-state index contributed by atoms with van der Waals surface area (Å²) in [6.07, 6.45) is 1.75. The molecular formula is C34H27ClN2O5S2. The Kier molecular flexibility index (Phi) is 8.79. The maximum Gasteiger partial charge on any atom is 0.338 e. The van der Waals surface area contributed by atoms with Crippen LogP contribution in [0.4, 0.5) is 0 Å². The second kappa shape index (κ2) is 13.1. The molecule has 0 N–H and O–H groups in total. The van der Waals surface area contributed by atoms with Crippen molar-refractivity contribution in [1.29, 1.82) is 0 Å². The van der Waals surface area contributed by atoms with Gasteiger partial charge >= 0.3 is 5.97 Å². The van der Waals surface area contributed by atoms with Crippen LogP contribution < -0.4 is 24.4 Å². The fourth-order valence-corrected chi connectivity index (χ4v) is 7.10. The van der Waals surface area contributed by atoms with Crippen molar-refractivity contribution >= 4 is 52.0 Å². The van der Waals surface area contributed by atoms with Gasteiger partial charge in [-0.05, 0) is 47.7 Å². The number of thiazole rings is 1. The van der Waals surface area contributed by atoms with Crippen LogP contribution in [-0.4, -0.2) is 24.3 Å². The number of hydrogen-bond donors (Lipinski definition) is 0. The van der Waals surface area contributed by atoms with Crippen molar-refractivity contribution in [1.82, 2.24) is 4.57 Å². The molecule has 0 amide bonds. The van der Waals surface area contributed by atoms with Crippen LogP contribution in [0.15, 0.2) is 106 Å². The summed E-state index contributed by atoms with van der Waals surface area (Å²) in [4.78, 5) is 33.8. The lowest BCUT2D eigenvalue weighted by Crippen LogP contribution is -2.39. The van der Waals surface area contributed by atoms with Crippen molar-refractivity contribution in [2.24, 2.45) is 4.99 Å². The predicted molar refractivity (Wildman–Crippen MR) is 174 cm³/mol. The van der Waals surface area contributed by atoms with Crippen LogP contribution >= 0.6 is 34.3 Å². The number of rotatable bonds is 9. The van der Waals surface area contributed by atoms with E-state index in [0.29, 0.717) is 49.3 Å². The van der Waals surface area contributed by atoms with Gasteiger partial charge in [-0.3, -0.25) is 9.36 Å². The average Bonchev–Trinajstić information content (AvgIpc) is 3.69. The third kappa shape index (κ3) is 5.86. The van der Waals surface area contributed by atoms with Gasteiger partial charge in [0.1, 0.15) is 12.6 Å². The molecule has 0 aliphatic carbocycles. The van der Waals surface area contributed by atoms with E-state index in [1.165, 1.54) is 22.7 Å². The van der Waals surface area contributed by atoms with Crippen LogP contribution in [0.3, 0.4) is 0 Å². The molecule has 0 spiro atoms. The number of halogens is 1. The summed E-state index contributed by atoms with van der Waals surface area (Å²) in [6.45, 7) is 2.27. The zero-order chi connectivity index (χ0) is 30.6. The Balaban J connectivity index is 1.48. The van der Waals surface area contributed by atoms with Gasteiger partial charge in [-0.2, -0.15) is 0 Å². The SMILES string of the molecule is CCOC(=O)C1=C(c2ccccc2)N=c2s/c(=C\c3cc(Cl)c(OCc4ccccc4)c(OC)c3)c(=O)n2[C@H]1c1cccs1. The maximum atomic E-state index is 14.1. The highest BCUT2D eigenvalue weighted by molar-refractivity contribution is 7.10. The minimum absolute atomic E-state index is 0.194. The first kappa shape index (κ1) is 29.6. The highest BCUT2D eigenvalue weighted by atomic mass is 35.5. The third-order valence-corrected chi connectivity index (χ3v) is 9.15. The normalized spacial score (nSPS) is 14.6. The molecule has 1 aliphatic rings. The molecule has 7 nitrogen and oxygen atoms in total. The first-order valence-electron chi connectivity index (χ1n) is 13.8. The van der Waals surface area contributed by atoms with Crippen LogP contribution in [0.1, 0.15) is 34.5 Å². The minimum atomic E-state index is -0.699. The standard InChI is InChI=1S/C34H27ClN2O5S2/c1-3-41-33(39)28-29(23-13-8-5-9-14-23)36-34-37(30(28)26-15-10-16-43-26)32(38)27(44-34)19-22-17-24(35)31(25(18-22)40-2)42-20-21-11-6-4-7-12-21/h4-19,30H,3,20H2,1-2H3/b27-19-/t30-/m0/s1. The summed E-state index contributed by atoms with van der Waals surface area (Å²) in [5.41, 5.74) is 2.94. The quantitative estimate of drug-likeness (QED) is 0.178. The Bertz CT molecular complexity index is 2020. The molecule has 0 fully saturated rings. The summed E-state index contributed by atoms with van der Waals surface area (Å²) in [5.74, 6) is 0.353. The summed E-state index contributed by atoms with van der Waals surface area (Å²) >= 11 is 9.38. The fourth-order valence-electron chi connectivity index (χ4n) is 5.00. The summed E-state index contributed by atoms with van der Waals surface area (Å²) < 4.78 is 19.1. The van der Waals surface area contributed by atoms with Crippen molar-refractivity contribution in [2.45, 2.75) is 19.6 Å². The molecule has 0 unspecified atom stereocenters. The van der Waals surface area contributed by atoms with Crippen molar-refractivity contribution in [3.8, 4) is 11.5 Å². The molecule has 0 saturated heterocycles. The van der Waals surface area contributed by atoms with Crippen LogP contribution in [0, 0.1) is 0 Å². The summed E-state index contributed by atoms with van der Waals surface area (Å²) in [6, 6.07) is 25.9. The molecule has 5 aromatic rings. The van der Waals surface area contributed by atoms with Crippen molar-refractivity contribution in [3.63, 3.8) is 0 Å². The van der Waals surface area contributed by atoms with E-state index >= 15 is 0 Å². The van der Waals surface area contributed by atoms with Crippen LogP contribution in [0.25, 0.3) is 11.8 Å². The number of esters is 1. The predicted octanol–water partition coefficient (Wildman–Crippen LogP) is 6.24. The monoisotopic (exact) mass is 642 g/mol. The molecule has 3 heterocycles. The molecular weight excluding hydrogens is 616 g/mol. The lowest BCUT2D eigenvalue weighted by atomic mass is 9.97. The number of hydrogen-bond acceptors (Lipinski definition) is 8. The van der Waals surface area contributed by atoms with Gasteiger partial charge in [0.15, 0.2) is 16.3 Å². The van der Waals surface area contributed by atoms with E-state index in [1.807, 2.05) is 78.2 Å². The largest absolute Gasteiger partial charge is 0.493 e. The number of thiophene rings is 1. The number of aromatic nitrogens is 1. The molecule has 2 aromatic heterocycles. The van der Waals surface area contributed by atoms with Gasteiger partial charge in [0.25, 0.3) is 5.56 Å². The van der Waals surface area contributed by atoms with Gasteiger partial charge in [0.05, 0.1) is 34.5 Å². The first-order valence-corrected chi connectivity index (χ1v) is 15.9. The highest BCUT2D eigenvalue weighted by Crippen LogP contribution is 2.38. The minimum Gasteiger partial charge on any atom is -0.493 e. The Morgan fingerprint density at radius 1 is 1.05 bits per heavy atom. The van der Waals surface area contributed by atoms with E-state index in [0.717, 1.165) is 16.0 Å². The number of ether oxygens (including phenoxy) is 3. The second-order valence-electron chi connectivity index (χ2n) is 9.76. The van der Waals surface area contributed by atoms with Crippen LogP contribution in [-0.2, 0) is 16.1 Å². The van der Waals surface area contributed by atoms with Gasteiger partial charge in [-0.25, -0.2) is 9.79 Å². The van der Waals surface area contributed by atoms with Gasteiger partial charge in [0.2, 0.25) is 0 Å². The lowest BCUT2D eigenvalue weighted by Gasteiger charge is -2.24. The third-order valence-electron chi connectivity index (χ3n) is 6.96. The number of carbonyl (C=O) groups excluding carboxylic acids is 1. The summed E-state index contributed by atoms with van der Waals surface area (Å²) in [5, 5.41) is 2.28. The maximum absolute atomic E-state index is 14.1. The molecule has 10 heteroatoms. The van der Waals surface area contributed by atoms with E-state index in [9.17, 15) is 9.59 Å². The number of nitrogens with zero attached hydrogens (tertiary/aromatic N) is 2. The molecule has 44 heavy (non-hydrogen) atoms. The zero-order valence-corrected chi connectivity index (χ0v) is 26.2. The van der Waals surface area contributed by atoms with Gasteiger partial charge in [0, 0.05) is 10.4 Å². The summed E-state index contributed by atoms with van der Waals surface area (Å²) in [7, 11) is 1.54. The van der Waals surface area contributed by atoms with E-state index in [2.05, 4.69) is 0 Å². The number of carbonyl (C=O) groups is 1. The topological polar surface area (TPSA) is 79.1 Å². The van der Waals surface area contributed by atoms with Crippen LogP contribution in [0.2, 0.25) is 5.02 Å².